The minimum Gasteiger partial charge on any atom is -0.471 e. The van der Waals surface area contributed by atoms with Crippen LogP contribution in [-0.2, 0) is 14.3 Å². The van der Waals surface area contributed by atoms with E-state index in [-0.39, 0.29) is 5.60 Å². The van der Waals surface area contributed by atoms with Crippen LogP contribution in [0.3, 0.4) is 0 Å². The highest BCUT2D eigenvalue weighted by Gasteiger charge is 2.03. The number of rotatable bonds is 1. The van der Waals surface area contributed by atoms with Gasteiger partial charge in [0.15, 0.2) is 0 Å². The Hall–Kier alpha value is -0.570. The molecular weight excluding hydrogens is 132 g/mol. The SMILES string of the molecule is COC(C)(C)C.COC=O. The third-order valence-corrected chi connectivity index (χ3v) is 0.709. The van der Waals surface area contributed by atoms with E-state index in [1.165, 1.54) is 7.11 Å². The summed E-state index contributed by atoms with van der Waals surface area (Å²) in [5, 5.41) is 0. The normalized spacial score (nSPS) is 9.30. The molecule has 0 radical (unpaired) electrons. The fourth-order valence-electron chi connectivity index (χ4n) is 0. The summed E-state index contributed by atoms with van der Waals surface area (Å²) >= 11 is 0. The molecule has 3 nitrogen and oxygen atoms in total. The van der Waals surface area contributed by atoms with Crippen molar-refractivity contribution in [2.75, 3.05) is 14.2 Å². The number of ether oxygens (including phenoxy) is 2. The van der Waals surface area contributed by atoms with Crippen molar-refractivity contribution >= 4 is 6.47 Å². The van der Waals surface area contributed by atoms with Crippen molar-refractivity contribution < 1.29 is 14.3 Å². The molecule has 62 valence electrons. The van der Waals surface area contributed by atoms with Crippen molar-refractivity contribution in [3.05, 3.63) is 0 Å². The van der Waals surface area contributed by atoms with Gasteiger partial charge in [0, 0.05) is 7.11 Å². The summed E-state index contributed by atoms with van der Waals surface area (Å²) in [4.78, 5) is 8.95. The average molecular weight is 148 g/mol. The maximum atomic E-state index is 8.95. The maximum Gasteiger partial charge on any atom is 0.292 e. The van der Waals surface area contributed by atoms with Crippen LogP contribution in [-0.4, -0.2) is 26.3 Å². The highest BCUT2D eigenvalue weighted by atomic mass is 16.5. The first kappa shape index (κ1) is 12.1. The zero-order valence-electron chi connectivity index (χ0n) is 7.30. The second kappa shape index (κ2) is 6.55. The lowest BCUT2D eigenvalue weighted by Crippen LogP contribution is -2.15. The fourth-order valence-corrected chi connectivity index (χ4v) is 0. The second-order valence-electron chi connectivity index (χ2n) is 2.65. The number of methoxy groups -OCH3 is 2. The Morgan fingerprint density at radius 3 is 1.40 bits per heavy atom. The number of hydrogen-bond donors (Lipinski definition) is 0. The van der Waals surface area contributed by atoms with E-state index >= 15 is 0 Å². The van der Waals surface area contributed by atoms with Crippen molar-refractivity contribution in [2.45, 2.75) is 26.4 Å². The smallest absolute Gasteiger partial charge is 0.292 e. The van der Waals surface area contributed by atoms with E-state index in [1.807, 2.05) is 20.8 Å². The molecule has 0 atom stereocenters. The van der Waals surface area contributed by atoms with Gasteiger partial charge >= 0.3 is 0 Å². The highest BCUT2D eigenvalue weighted by molar-refractivity contribution is 5.36. The number of hydrogen-bond acceptors (Lipinski definition) is 3. The molecule has 0 saturated carbocycles. The molecular formula is C7H16O3. The van der Waals surface area contributed by atoms with Crippen molar-refractivity contribution in [2.24, 2.45) is 0 Å². The first-order chi connectivity index (χ1) is 4.47. The maximum absolute atomic E-state index is 8.95. The van der Waals surface area contributed by atoms with Crippen LogP contribution in [0.1, 0.15) is 20.8 Å². The van der Waals surface area contributed by atoms with E-state index in [0.717, 1.165) is 0 Å². The van der Waals surface area contributed by atoms with Crippen LogP contribution in [0.2, 0.25) is 0 Å². The molecule has 0 aromatic heterocycles. The summed E-state index contributed by atoms with van der Waals surface area (Å²) < 4.78 is 8.80. The minimum absolute atomic E-state index is 0.0417. The van der Waals surface area contributed by atoms with Gasteiger partial charge < -0.3 is 9.47 Å². The Balaban J connectivity index is 0. The van der Waals surface area contributed by atoms with Gasteiger partial charge in [-0.2, -0.15) is 0 Å². The van der Waals surface area contributed by atoms with Crippen LogP contribution in [0.25, 0.3) is 0 Å². The van der Waals surface area contributed by atoms with Gasteiger partial charge in [0.2, 0.25) is 0 Å². The molecule has 0 aromatic rings. The van der Waals surface area contributed by atoms with Gasteiger partial charge in [-0.3, -0.25) is 4.79 Å². The highest BCUT2D eigenvalue weighted by Crippen LogP contribution is 2.02. The lowest BCUT2D eigenvalue weighted by atomic mass is 10.2. The first-order valence-electron chi connectivity index (χ1n) is 2.99. The summed E-state index contributed by atoms with van der Waals surface area (Å²) in [6, 6.07) is 0. The van der Waals surface area contributed by atoms with Crippen molar-refractivity contribution in [1.29, 1.82) is 0 Å². The molecule has 0 fully saturated rings. The Bertz CT molecular complexity index is 73.4. The van der Waals surface area contributed by atoms with Gasteiger partial charge in [-0.15, -0.1) is 0 Å². The molecule has 0 heterocycles. The number of carbonyl (C=O) groups is 1. The van der Waals surface area contributed by atoms with Crippen LogP contribution < -0.4 is 0 Å². The van der Waals surface area contributed by atoms with Crippen molar-refractivity contribution in [3.8, 4) is 0 Å². The first-order valence-corrected chi connectivity index (χ1v) is 2.99. The van der Waals surface area contributed by atoms with E-state index in [0.29, 0.717) is 6.47 Å². The average Bonchev–Trinajstić information content (AvgIpc) is 1.87. The molecule has 0 rings (SSSR count). The van der Waals surface area contributed by atoms with E-state index in [2.05, 4.69) is 4.74 Å². The largest absolute Gasteiger partial charge is 0.471 e. The van der Waals surface area contributed by atoms with E-state index in [1.54, 1.807) is 7.11 Å². The minimum atomic E-state index is 0.0417. The standard InChI is InChI=1S/C5H12O.C2H4O2/c1-5(2,3)6-4;1-4-2-3/h1-4H3;2H,1H3. The van der Waals surface area contributed by atoms with Gasteiger partial charge in [0.1, 0.15) is 0 Å². The monoisotopic (exact) mass is 148 g/mol. The lowest BCUT2D eigenvalue weighted by Gasteiger charge is -2.14. The summed E-state index contributed by atoms with van der Waals surface area (Å²) in [5.74, 6) is 0. The van der Waals surface area contributed by atoms with E-state index < -0.39 is 0 Å². The molecule has 0 aliphatic rings. The van der Waals surface area contributed by atoms with Crippen LogP contribution in [0.15, 0.2) is 0 Å². The van der Waals surface area contributed by atoms with Crippen LogP contribution >= 0.6 is 0 Å². The third kappa shape index (κ3) is 26.1. The van der Waals surface area contributed by atoms with Gasteiger partial charge in [-0.1, -0.05) is 0 Å². The molecule has 0 unspecified atom stereocenters. The Labute approximate surface area is 62.3 Å². The number of carbonyl (C=O) groups excluding carboxylic acids is 1. The van der Waals surface area contributed by atoms with Crippen molar-refractivity contribution in [3.63, 3.8) is 0 Å². The molecule has 0 aliphatic heterocycles. The summed E-state index contributed by atoms with van der Waals surface area (Å²) in [7, 11) is 3.02. The summed E-state index contributed by atoms with van der Waals surface area (Å²) in [6.07, 6.45) is 0. The third-order valence-electron chi connectivity index (χ3n) is 0.709. The van der Waals surface area contributed by atoms with Gasteiger partial charge in [0.05, 0.1) is 12.7 Å². The molecule has 0 amide bonds. The zero-order valence-corrected chi connectivity index (χ0v) is 7.30. The van der Waals surface area contributed by atoms with Gasteiger partial charge in [0.25, 0.3) is 6.47 Å². The molecule has 0 aromatic carbocycles. The van der Waals surface area contributed by atoms with Crippen LogP contribution in [0.4, 0.5) is 0 Å². The molecule has 0 N–H and O–H groups in total. The Morgan fingerprint density at radius 1 is 1.20 bits per heavy atom. The predicted molar refractivity (Wildman–Crippen MR) is 39.8 cm³/mol. The van der Waals surface area contributed by atoms with E-state index in [4.69, 9.17) is 9.53 Å². The Kier molecular flexibility index (Phi) is 7.95. The molecule has 10 heavy (non-hydrogen) atoms. The van der Waals surface area contributed by atoms with Gasteiger partial charge in [-0.25, -0.2) is 0 Å². The van der Waals surface area contributed by atoms with Crippen molar-refractivity contribution in [1.82, 2.24) is 0 Å². The lowest BCUT2D eigenvalue weighted by molar-refractivity contribution is -0.126. The summed E-state index contributed by atoms with van der Waals surface area (Å²) in [5.41, 5.74) is 0.0417. The quantitative estimate of drug-likeness (QED) is 0.524. The second-order valence-corrected chi connectivity index (χ2v) is 2.65. The molecule has 0 spiro atoms. The zero-order chi connectivity index (χ0) is 8.62. The molecule has 0 saturated heterocycles. The summed E-state index contributed by atoms with van der Waals surface area (Å²) in [6.45, 7) is 6.44. The Morgan fingerprint density at radius 2 is 1.40 bits per heavy atom. The predicted octanol–water partition coefficient (Wildman–Crippen LogP) is 1.22. The molecule has 0 bridgehead atoms. The topological polar surface area (TPSA) is 35.5 Å². The molecule has 3 heteroatoms. The molecule has 0 aliphatic carbocycles. The fraction of sp³-hybridized carbons (Fsp3) is 0.857. The van der Waals surface area contributed by atoms with Crippen LogP contribution in [0, 0.1) is 0 Å². The van der Waals surface area contributed by atoms with Gasteiger partial charge in [-0.05, 0) is 20.8 Å². The van der Waals surface area contributed by atoms with E-state index in [9.17, 15) is 0 Å². The van der Waals surface area contributed by atoms with Crippen LogP contribution in [0.5, 0.6) is 0 Å².